The topological polar surface area (TPSA) is 0 Å². The molecule has 0 nitrogen and oxygen atoms in total. The Balaban J connectivity index is -0.000000302. The third kappa shape index (κ3) is 4.32. The number of allylic oxidation sites excluding steroid dienone is 1. The third-order valence-corrected chi connectivity index (χ3v) is 1.95. The summed E-state index contributed by atoms with van der Waals surface area (Å²) in [7, 11) is 0. The summed E-state index contributed by atoms with van der Waals surface area (Å²) >= 11 is 0. The average molecular weight is 417 g/mol. The van der Waals surface area contributed by atoms with Crippen molar-refractivity contribution in [3.63, 3.8) is 0 Å². The zero-order valence-corrected chi connectivity index (χ0v) is 13.9. The second kappa shape index (κ2) is 9.35. The molecular formula is C10H9Br3Ti. The van der Waals surface area contributed by atoms with E-state index in [1.807, 2.05) is 0 Å². The van der Waals surface area contributed by atoms with Crippen LogP contribution in [-0.4, -0.2) is 0 Å². The maximum atomic E-state index is 3.26. The van der Waals surface area contributed by atoms with Crippen molar-refractivity contribution in [2.45, 2.75) is 12.8 Å². The zero-order valence-electron chi connectivity index (χ0n) is 7.60. The van der Waals surface area contributed by atoms with Crippen LogP contribution in [0, 0.1) is 6.08 Å². The Hall–Kier alpha value is 1.11. The minimum atomic E-state index is 0. The fourth-order valence-corrected chi connectivity index (χ4v) is 1.34. The molecule has 0 N–H and O–H groups in total. The van der Waals surface area contributed by atoms with Crippen LogP contribution in [0.1, 0.15) is 24.0 Å². The van der Waals surface area contributed by atoms with Gasteiger partial charge in [-0.1, -0.05) is 31.0 Å². The average Bonchev–Trinajstić information content (AvgIpc) is 2.34. The van der Waals surface area contributed by atoms with Crippen LogP contribution >= 0.6 is 0 Å². The summed E-state index contributed by atoms with van der Waals surface area (Å²) in [6, 6.07) is 8.44. The largest absolute Gasteiger partial charge is 4.00 e. The van der Waals surface area contributed by atoms with Gasteiger partial charge in [0.25, 0.3) is 0 Å². The molecular weight excluding hydrogens is 408 g/mol. The Morgan fingerprint density at radius 3 is 2.21 bits per heavy atom. The summed E-state index contributed by atoms with van der Waals surface area (Å²) < 4.78 is 0. The van der Waals surface area contributed by atoms with E-state index in [0.717, 1.165) is 0 Å². The van der Waals surface area contributed by atoms with Crippen LogP contribution in [0.15, 0.2) is 24.3 Å². The first-order valence-electron chi connectivity index (χ1n) is 3.56. The minimum Gasteiger partial charge on any atom is -1.00 e. The van der Waals surface area contributed by atoms with Gasteiger partial charge in [-0.05, 0) is 0 Å². The number of rotatable bonds is 0. The normalized spacial score (nSPS) is 15.1. The molecule has 74 valence electrons. The molecule has 0 amide bonds. The Labute approximate surface area is 132 Å². The van der Waals surface area contributed by atoms with Gasteiger partial charge in [0, 0.05) is 0 Å². The van der Waals surface area contributed by atoms with Gasteiger partial charge in [-0.2, -0.15) is 5.56 Å². The molecule has 0 aromatic heterocycles. The Morgan fingerprint density at radius 2 is 1.64 bits per heavy atom. The van der Waals surface area contributed by atoms with Crippen molar-refractivity contribution < 1.29 is 72.7 Å². The fourth-order valence-electron chi connectivity index (χ4n) is 1.34. The molecule has 2 rings (SSSR count). The van der Waals surface area contributed by atoms with Crippen molar-refractivity contribution in [2.75, 3.05) is 0 Å². The van der Waals surface area contributed by atoms with E-state index in [1.165, 1.54) is 11.1 Å². The SMILES string of the molecule is CC1[C-]=Cc2ccccc21.[Br-].[Br-].[Br-].[Ti+4]. The first-order chi connectivity index (χ1) is 4.88. The molecule has 0 spiro atoms. The van der Waals surface area contributed by atoms with Crippen molar-refractivity contribution in [3.8, 4) is 0 Å². The maximum Gasteiger partial charge on any atom is 4.00 e. The molecule has 1 aromatic carbocycles. The summed E-state index contributed by atoms with van der Waals surface area (Å²) in [5.74, 6) is 0.496. The van der Waals surface area contributed by atoms with E-state index in [1.54, 1.807) is 0 Å². The number of fused-ring (bicyclic) bond motifs is 1. The fraction of sp³-hybridized carbons (Fsp3) is 0.200. The second-order valence-electron chi connectivity index (χ2n) is 2.66. The van der Waals surface area contributed by atoms with Crippen LogP contribution < -0.4 is 50.9 Å². The van der Waals surface area contributed by atoms with E-state index >= 15 is 0 Å². The molecule has 1 aliphatic carbocycles. The van der Waals surface area contributed by atoms with E-state index in [4.69, 9.17) is 0 Å². The van der Waals surface area contributed by atoms with Crippen LogP contribution in [-0.2, 0) is 21.7 Å². The van der Waals surface area contributed by atoms with Gasteiger partial charge in [-0.25, -0.2) is 6.08 Å². The van der Waals surface area contributed by atoms with Crippen molar-refractivity contribution in [3.05, 3.63) is 41.5 Å². The molecule has 0 heterocycles. The van der Waals surface area contributed by atoms with Gasteiger partial charge in [0.05, 0.1) is 0 Å². The van der Waals surface area contributed by atoms with Crippen LogP contribution in [0.2, 0.25) is 0 Å². The maximum absolute atomic E-state index is 3.26. The van der Waals surface area contributed by atoms with Crippen molar-refractivity contribution in [1.29, 1.82) is 0 Å². The quantitative estimate of drug-likeness (QED) is 0.292. The molecule has 0 aliphatic heterocycles. The summed E-state index contributed by atoms with van der Waals surface area (Å²) in [6.07, 6.45) is 5.33. The Kier molecular flexibility index (Phi) is 13.7. The van der Waals surface area contributed by atoms with E-state index < -0.39 is 0 Å². The Morgan fingerprint density at radius 1 is 1.07 bits per heavy atom. The van der Waals surface area contributed by atoms with Crippen molar-refractivity contribution >= 4 is 6.08 Å². The number of hydrogen-bond acceptors (Lipinski definition) is 0. The standard InChI is InChI=1S/C10H9.3BrH.Ti/c1-8-6-7-9-4-2-3-5-10(8)9;;;;/h2-5,7-8H,1H3;3*1H;/q-1;;;;+4/p-3. The number of benzene rings is 1. The van der Waals surface area contributed by atoms with Gasteiger partial charge in [0.1, 0.15) is 0 Å². The molecule has 1 aliphatic rings. The predicted octanol–water partition coefficient (Wildman–Crippen LogP) is -6.37. The molecule has 1 unspecified atom stereocenters. The Bertz CT molecular complexity index is 286. The molecule has 1 atom stereocenters. The summed E-state index contributed by atoms with van der Waals surface area (Å²) in [5, 5.41) is 0. The molecule has 0 saturated carbocycles. The molecule has 14 heavy (non-hydrogen) atoms. The van der Waals surface area contributed by atoms with Gasteiger partial charge < -0.3 is 50.9 Å². The summed E-state index contributed by atoms with van der Waals surface area (Å²) in [6.45, 7) is 2.17. The van der Waals surface area contributed by atoms with Gasteiger partial charge in [-0.3, -0.25) is 6.08 Å². The molecule has 4 heteroatoms. The smallest absolute Gasteiger partial charge is 1.00 e. The van der Waals surface area contributed by atoms with Crippen LogP contribution in [0.5, 0.6) is 0 Å². The summed E-state index contributed by atoms with van der Waals surface area (Å²) in [4.78, 5) is 0. The number of hydrogen-bond donors (Lipinski definition) is 0. The van der Waals surface area contributed by atoms with Crippen LogP contribution in [0.4, 0.5) is 0 Å². The monoisotopic (exact) mass is 414 g/mol. The second-order valence-corrected chi connectivity index (χ2v) is 2.66. The molecule has 0 fully saturated rings. The predicted molar refractivity (Wildman–Crippen MR) is 42.6 cm³/mol. The van der Waals surface area contributed by atoms with Crippen molar-refractivity contribution in [1.82, 2.24) is 0 Å². The van der Waals surface area contributed by atoms with Crippen LogP contribution in [0.3, 0.4) is 0 Å². The molecule has 0 saturated heterocycles. The van der Waals surface area contributed by atoms with E-state index in [-0.39, 0.29) is 72.7 Å². The van der Waals surface area contributed by atoms with E-state index in [0.29, 0.717) is 5.92 Å². The summed E-state index contributed by atoms with van der Waals surface area (Å²) in [5.41, 5.74) is 2.73. The molecule has 0 bridgehead atoms. The van der Waals surface area contributed by atoms with Crippen LogP contribution in [0.25, 0.3) is 6.08 Å². The zero-order chi connectivity index (χ0) is 6.97. The van der Waals surface area contributed by atoms with E-state index in [2.05, 4.69) is 43.3 Å². The molecule has 1 aromatic rings. The number of halogens is 3. The first-order valence-corrected chi connectivity index (χ1v) is 3.56. The van der Waals surface area contributed by atoms with Gasteiger partial charge in [0.15, 0.2) is 0 Å². The first kappa shape index (κ1) is 20.5. The minimum absolute atomic E-state index is 0. The van der Waals surface area contributed by atoms with E-state index in [9.17, 15) is 0 Å². The van der Waals surface area contributed by atoms with Gasteiger partial charge in [-0.15, -0.1) is 11.6 Å². The van der Waals surface area contributed by atoms with Gasteiger partial charge >= 0.3 is 21.7 Å². The van der Waals surface area contributed by atoms with Gasteiger partial charge in [0.2, 0.25) is 0 Å². The third-order valence-electron chi connectivity index (χ3n) is 1.95. The molecule has 0 radical (unpaired) electrons. The van der Waals surface area contributed by atoms with Crippen molar-refractivity contribution in [2.24, 2.45) is 0 Å².